The second kappa shape index (κ2) is 6.40. The number of rotatable bonds is 4. The maximum Gasteiger partial charge on any atom is 0.414 e. The molecule has 0 unspecified atom stereocenters. The molecule has 11 heteroatoms. The number of allylic oxidation sites excluding steroid dienone is 2. The zero-order valence-corrected chi connectivity index (χ0v) is 11.7. The van der Waals surface area contributed by atoms with Crippen molar-refractivity contribution in [2.45, 2.75) is 38.3 Å². The molecule has 0 spiro atoms. The Balaban J connectivity index is 6.73. The highest BCUT2D eigenvalue weighted by atomic mass is 28.3. The maximum absolute atomic E-state index is 12.7. The van der Waals surface area contributed by atoms with Crippen LogP contribution in [0, 0.1) is 0 Å². The van der Waals surface area contributed by atoms with Crippen LogP contribution in [-0.2, 0) is 0 Å². The lowest BCUT2D eigenvalue weighted by atomic mass is 10.6. The average molecular weight is 348 g/mol. The number of halogens is 10. The molecule has 0 aromatic carbocycles. The molecule has 0 saturated carbocycles. The molecule has 0 rings (SSSR count). The largest absolute Gasteiger partial charge is 0.414 e. The van der Waals surface area contributed by atoms with Crippen molar-refractivity contribution in [2.24, 2.45) is 0 Å². The molecular weight excluding hydrogens is 338 g/mol. The first kappa shape index (κ1) is 20.0. The predicted molar refractivity (Wildman–Crippen MR) is 57.3 cm³/mol. The normalized spacial score (nSPS) is 13.1. The van der Waals surface area contributed by atoms with Gasteiger partial charge >= 0.3 is 12.4 Å². The van der Waals surface area contributed by atoms with Crippen molar-refractivity contribution in [1.82, 2.24) is 0 Å². The van der Waals surface area contributed by atoms with Gasteiger partial charge in [-0.3, -0.25) is 0 Å². The second-order valence-corrected chi connectivity index (χ2v) is 8.63. The lowest BCUT2D eigenvalue weighted by Gasteiger charge is -2.34. The van der Waals surface area contributed by atoms with Crippen LogP contribution in [0.25, 0.3) is 0 Å². The molecule has 0 aliphatic heterocycles. The van der Waals surface area contributed by atoms with Crippen molar-refractivity contribution < 1.29 is 43.9 Å². The fraction of sp³-hybridized carbons (Fsp3) is 0.600. The Morgan fingerprint density at radius 2 is 0.905 bits per heavy atom. The summed E-state index contributed by atoms with van der Waals surface area (Å²) in [6.07, 6.45) is -18.4. The molecule has 0 nitrogen and oxygen atoms in total. The average Bonchev–Trinajstić information content (AvgIpc) is 2.22. The third-order valence-corrected chi connectivity index (χ3v) is 8.38. The Bertz CT molecular complexity index is 392. The second-order valence-electron chi connectivity index (χ2n) is 4.06. The Hall–Kier alpha value is -1.00. The van der Waals surface area contributed by atoms with Crippen LogP contribution in [0.4, 0.5) is 43.9 Å². The first-order valence-corrected chi connectivity index (χ1v) is 7.93. The van der Waals surface area contributed by atoms with Gasteiger partial charge in [0, 0.05) is 0 Å². The van der Waals surface area contributed by atoms with Gasteiger partial charge in [0.05, 0.1) is 10.4 Å². The van der Waals surface area contributed by atoms with Crippen molar-refractivity contribution in [3.05, 3.63) is 22.6 Å². The lowest BCUT2D eigenvalue weighted by molar-refractivity contribution is -0.0940. The number of hydrogen-bond acceptors (Lipinski definition) is 0. The first-order valence-electron chi connectivity index (χ1n) is 5.51. The van der Waals surface area contributed by atoms with E-state index in [9.17, 15) is 43.9 Å². The van der Waals surface area contributed by atoms with Crippen LogP contribution in [-0.4, -0.2) is 20.4 Å². The summed E-state index contributed by atoms with van der Waals surface area (Å²) in [7, 11) is -5.39. The van der Waals surface area contributed by atoms with Gasteiger partial charge in [-0.25, -0.2) is 0 Å². The molecule has 124 valence electrons. The summed E-state index contributed by atoms with van der Waals surface area (Å²) in [5.74, 6) is 0. The predicted octanol–water partition coefficient (Wildman–Crippen LogP) is 5.98. The molecular formula is C10H10F10Si. The minimum Gasteiger partial charge on any atom is -0.174 e. The third kappa shape index (κ3) is 4.01. The molecule has 0 saturated heterocycles. The van der Waals surface area contributed by atoms with Gasteiger partial charge in [0.15, 0.2) is 0 Å². The molecule has 0 N–H and O–H groups in total. The summed E-state index contributed by atoms with van der Waals surface area (Å²) in [4.78, 5) is 0. The van der Waals surface area contributed by atoms with Crippen molar-refractivity contribution in [2.75, 3.05) is 0 Å². The van der Waals surface area contributed by atoms with E-state index in [4.69, 9.17) is 0 Å². The minimum atomic E-state index is -5.82. The topological polar surface area (TPSA) is 0 Å². The zero-order valence-electron chi connectivity index (χ0n) is 10.7. The van der Waals surface area contributed by atoms with Gasteiger partial charge < -0.3 is 0 Å². The van der Waals surface area contributed by atoms with Crippen molar-refractivity contribution in [3.8, 4) is 0 Å². The van der Waals surface area contributed by atoms with E-state index < -0.39 is 55.1 Å². The van der Waals surface area contributed by atoms with Gasteiger partial charge in [0.25, 0.3) is 12.2 Å². The molecule has 0 aromatic rings. The van der Waals surface area contributed by atoms with Crippen LogP contribution in [0.15, 0.2) is 22.6 Å². The summed E-state index contributed by atoms with van der Waals surface area (Å²) >= 11 is 0. The summed E-state index contributed by atoms with van der Waals surface area (Å²) in [6, 6.07) is -2.16. The van der Waals surface area contributed by atoms with Crippen LogP contribution < -0.4 is 0 Å². The Morgan fingerprint density at radius 1 is 0.667 bits per heavy atom. The van der Waals surface area contributed by atoms with E-state index in [1.54, 1.807) is 0 Å². The van der Waals surface area contributed by atoms with E-state index >= 15 is 0 Å². The van der Waals surface area contributed by atoms with Crippen LogP contribution in [0.1, 0.15) is 13.8 Å². The van der Waals surface area contributed by atoms with Gasteiger partial charge in [-0.2, -0.15) is 43.9 Å². The third-order valence-electron chi connectivity index (χ3n) is 3.11. The molecule has 21 heavy (non-hydrogen) atoms. The molecule has 0 fully saturated rings. The number of alkyl halides is 6. The van der Waals surface area contributed by atoms with E-state index in [1.165, 1.54) is 0 Å². The Kier molecular flexibility index (Phi) is 6.10. The number of hydrogen-bond donors (Lipinski definition) is 0. The highest BCUT2D eigenvalue weighted by Gasteiger charge is 2.60. The van der Waals surface area contributed by atoms with E-state index in [-0.39, 0.29) is 0 Å². The quantitative estimate of drug-likeness (QED) is 0.433. The fourth-order valence-electron chi connectivity index (χ4n) is 2.20. The summed E-state index contributed by atoms with van der Waals surface area (Å²) in [5, 5.41) is -5.50. The van der Waals surface area contributed by atoms with E-state index in [2.05, 4.69) is 0 Å². The van der Waals surface area contributed by atoms with Crippen LogP contribution >= 0.6 is 0 Å². The van der Waals surface area contributed by atoms with Gasteiger partial charge in [0.2, 0.25) is 0 Å². The monoisotopic (exact) mass is 348 g/mol. The smallest absolute Gasteiger partial charge is 0.174 e. The van der Waals surface area contributed by atoms with Crippen molar-refractivity contribution in [3.63, 3.8) is 0 Å². The molecule has 0 radical (unpaired) electrons. The summed E-state index contributed by atoms with van der Waals surface area (Å²) in [5.41, 5.74) is 0. The molecule has 0 amide bonds. The molecule has 0 atom stereocenters. The SMILES string of the molecule is CC[Si](CC)(C(=C(F)F)C(F)(F)F)C(=C(F)F)C(F)(F)F. The Labute approximate surface area is 114 Å². The van der Waals surface area contributed by atoms with Gasteiger partial charge in [0.1, 0.15) is 8.07 Å². The van der Waals surface area contributed by atoms with Crippen molar-refractivity contribution >= 4 is 8.07 Å². The van der Waals surface area contributed by atoms with E-state index in [0.717, 1.165) is 13.8 Å². The first-order chi connectivity index (χ1) is 9.25. The summed E-state index contributed by atoms with van der Waals surface area (Å²) in [6.45, 7) is 1.53. The highest BCUT2D eigenvalue weighted by molar-refractivity contribution is 6.93. The molecule has 0 aliphatic rings. The van der Waals surface area contributed by atoms with Gasteiger partial charge in [-0.05, 0) is 0 Å². The Morgan fingerprint density at radius 3 is 1.00 bits per heavy atom. The molecule has 0 aromatic heterocycles. The molecule has 0 aliphatic carbocycles. The van der Waals surface area contributed by atoms with Gasteiger partial charge in [-0.1, -0.05) is 25.9 Å². The maximum atomic E-state index is 12.7. The molecule has 0 heterocycles. The summed E-state index contributed by atoms with van der Waals surface area (Å²) < 4.78 is 127. The van der Waals surface area contributed by atoms with Crippen LogP contribution in [0.3, 0.4) is 0 Å². The van der Waals surface area contributed by atoms with E-state index in [0.29, 0.717) is 0 Å². The highest BCUT2D eigenvalue weighted by Crippen LogP contribution is 2.49. The zero-order chi connectivity index (χ0) is 17.2. The van der Waals surface area contributed by atoms with Crippen molar-refractivity contribution in [1.29, 1.82) is 0 Å². The lowest BCUT2D eigenvalue weighted by Crippen LogP contribution is -2.49. The van der Waals surface area contributed by atoms with Crippen LogP contribution in [0.2, 0.25) is 12.1 Å². The standard InChI is InChI=1S/C10H10F10Si/c1-3-21(4-2,5(7(11)12)9(15,16)17)6(8(13)14)10(18,19)20/h3-4H2,1-2H3. The van der Waals surface area contributed by atoms with E-state index in [1.807, 2.05) is 0 Å². The minimum absolute atomic E-state index is 0.763. The fourth-order valence-corrected chi connectivity index (χ4v) is 6.17. The van der Waals surface area contributed by atoms with Gasteiger partial charge in [-0.15, -0.1) is 0 Å². The molecule has 0 bridgehead atoms. The van der Waals surface area contributed by atoms with Crippen LogP contribution in [0.5, 0.6) is 0 Å².